The average molecular weight is 380 g/mol. The van der Waals surface area contributed by atoms with Crippen molar-refractivity contribution in [3.05, 3.63) is 62.1 Å². The first-order chi connectivity index (χ1) is 10.9. The number of nitro groups is 1. The van der Waals surface area contributed by atoms with Crippen LogP contribution in [-0.2, 0) is 6.54 Å². The topological polar surface area (TPSA) is 105 Å². The summed E-state index contributed by atoms with van der Waals surface area (Å²) in [6.07, 6.45) is 0. The van der Waals surface area contributed by atoms with Gasteiger partial charge in [0.1, 0.15) is 5.75 Å². The van der Waals surface area contributed by atoms with Crippen molar-refractivity contribution < 1.29 is 19.6 Å². The molecule has 0 heterocycles. The lowest BCUT2D eigenvalue weighted by Gasteiger charge is -2.14. The van der Waals surface area contributed by atoms with E-state index in [1.165, 1.54) is 7.11 Å². The number of amides is 1. The van der Waals surface area contributed by atoms with Gasteiger partial charge in [-0.25, -0.2) is 0 Å². The zero-order chi connectivity index (χ0) is 17.0. The second-order valence-electron chi connectivity index (χ2n) is 4.58. The SMILES string of the molecule is COc1ccc(C(=O)NCc2cc([N+](=O)[O-])ccc2[O-])cc1Br. The zero-order valence-electron chi connectivity index (χ0n) is 12.0. The molecule has 0 fully saturated rings. The highest BCUT2D eigenvalue weighted by Crippen LogP contribution is 2.25. The number of nitrogens with one attached hydrogen (secondary N) is 1. The lowest BCUT2D eigenvalue weighted by molar-refractivity contribution is -0.385. The number of non-ortho nitro benzene ring substituents is 1. The number of hydrogen-bond acceptors (Lipinski definition) is 5. The largest absolute Gasteiger partial charge is 0.872 e. The Morgan fingerprint density at radius 2 is 2.04 bits per heavy atom. The van der Waals surface area contributed by atoms with Crippen molar-refractivity contribution >= 4 is 27.5 Å². The highest BCUT2D eigenvalue weighted by Gasteiger charge is 2.11. The van der Waals surface area contributed by atoms with Crippen molar-refractivity contribution in [1.82, 2.24) is 5.32 Å². The van der Waals surface area contributed by atoms with Gasteiger partial charge in [-0.3, -0.25) is 14.9 Å². The summed E-state index contributed by atoms with van der Waals surface area (Å²) < 4.78 is 5.69. The van der Waals surface area contributed by atoms with Gasteiger partial charge in [0.2, 0.25) is 0 Å². The monoisotopic (exact) mass is 379 g/mol. The molecule has 0 unspecified atom stereocenters. The van der Waals surface area contributed by atoms with E-state index in [1.54, 1.807) is 18.2 Å². The number of methoxy groups -OCH3 is 1. The third kappa shape index (κ3) is 3.98. The molecule has 0 saturated carbocycles. The van der Waals surface area contributed by atoms with E-state index in [1.807, 2.05) is 0 Å². The number of benzene rings is 2. The van der Waals surface area contributed by atoms with Gasteiger partial charge in [0.25, 0.3) is 11.6 Å². The van der Waals surface area contributed by atoms with Crippen LogP contribution in [0.5, 0.6) is 11.5 Å². The minimum absolute atomic E-state index is 0.0943. The number of nitrogens with zero attached hydrogens (tertiary/aromatic N) is 1. The molecule has 0 atom stereocenters. The first-order valence-corrected chi connectivity index (χ1v) is 7.27. The molecule has 0 radical (unpaired) electrons. The third-order valence-electron chi connectivity index (χ3n) is 3.11. The van der Waals surface area contributed by atoms with Gasteiger partial charge in [-0.05, 0) is 39.7 Å². The first kappa shape index (κ1) is 16.8. The molecule has 0 aliphatic heterocycles. The predicted octanol–water partition coefficient (Wildman–Crippen LogP) is 2.37. The van der Waals surface area contributed by atoms with E-state index in [2.05, 4.69) is 21.2 Å². The van der Waals surface area contributed by atoms with Crippen LogP contribution in [0, 0.1) is 10.1 Å². The number of ether oxygens (including phenoxy) is 1. The van der Waals surface area contributed by atoms with Crippen molar-refractivity contribution in [1.29, 1.82) is 0 Å². The molecule has 0 aliphatic carbocycles. The Labute approximate surface area is 140 Å². The second-order valence-corrected chi connectivity index (χ2v) is 5.44. The van der Waals surface area contributed by atoms with E-state index in [-0.39, 0.29) is 23.5 Å². The minimum Gasteiger partial charge on any atom is -0.872 e. The molecule has 1 amide bonds. The lowest BCUT2D eigenvalue weighted by Crippen LogP contribution is -2.23. The van der Waals surface area contributed by atoms with Gasteiger partial charge in [0.05, 0.1) is 16.5 Å². The van der Waals surface area contributed by atoms with E-state index in [0.29, 0.717) is 15.8 Å². The van der Waals surface area contributed by atoms with Crippen LogP contribution in [0.1, 0.15) is 15.9 Å². The number of rotatable bonds is 5. The second kappa shape index (κ2) is 7.10. The van der Waals surface area contributed by atoms with Crippen molar-refractivity contribution in [2.24, 2.45) is 0 Å². The lowest BCUT2D eigenvalue weighted by atomic mass is 10.1. The van der Waals surface area contributed by atoms with Crippen LogP contribution in [0.3, 0.4) is 0 Å². The highest BCUT2D eigenvalue weighted by atomic mass is 79.9. The van der Waals surface area contributed by atoms with Crippen molar-refractivity contribution in [3.8, 4) is 11.5 Å². The fourth-order valence-corrected chi connectivity index (χ4v) is 2.44. The molecule has 8 heteroatoms. The standard InChI is InChI=1S/C15H13BrN2O5/c1-23-14-5-2-9(7-12(14)16)15(20)17-8-10-6-11(18(21)22)3-4-13(10)19/h2-7,19H,8H2,1H3,(H,17,20)/p-1. The van der Waals surface area contributed by atoms with E-state index in [9.17, 15) is 20.0 Å². The van der Waals surface area contributed by atoms with Gasteiger partial charge < -0.3 is 15.2 Å². The van der Waals surface area contributed by atoms with Gasteiger partial charge >= 0.3 is 0 Å². The average Bonchev–Trinajstić information content (AvgIpc) is 2.53. The zero-order valence-corrected chi connectivity index (χ0v) is 13.6. The molecular weight excluding hydrogens is 368 g/mol. The molecule has 0 saturated heterocycles. The van der Waals surface area contributed by atoms with Crippen LogP contribution in [0.4, 0.5) is 5.69 Å². The van der Waals surface area contributed by atoms with Gasteiger partial charge in [0.15, 0.2) is 0 Å². The summed E-state index contributed by atoms with van der Waals surface area (Å²) in [5.74, 6) is -0.187. The van der Waals surface area contributed by atoms with Gasteiger partial charge in [0, 0.05) is 24.2 Å². The molecule has 2 aromatic rings. The number of halogens is 1. The number of carbonyl (C=O) groups excluding carboxylic acids is 1. The quantitative estimate of drug-likeness (QED) is 0.634. The molecule has 0 aliphatic rings. The van der Waals surface area contributed by atoms with Gasteiger partial charge in [-0.2, -0.15) is 0 Å². The van der Waals surface area contributed by atoms with Crippen molar-refractivity contribution in [2.75, 3.05) is 7.11 Å². The maximum absolute atomic E-state index is 12.1. The number of hydrogen-bond donors (Lipinski definition) is 1. The summed E-state index contributed by atoms with van der Waals surface area (Å²) in [7, 11) is 1.51. The van der Waals surface area contributed by atoms with Crippen molar-refractivity contribution in [2.45, 2.75) is 6.54 Å². The summed E-state index contributed by atoms with van der Waals surface area (Å²) in [5, 5.41) is 25.0. The van der Waals surface area contributed by atoms with Crippen molar-refractivity contribution in [3.63, 3.8) is 0 Å². The maximum Gasteiger partial charge on any atom is 0.269 e. The van der Waals surface area contributed by atoms with Gasteiger partial charge in [-0.15, -0.1) is 5.75 Å². The third-order valence-corrected chi connectivity index (χ3v) is 3.73. The van der Waals surface area contributed by atoms with Crippen LogP contribution in [0.25, 0.3) is 0 Å². The smallest absolute Gasteiger partial charge is 0.269 e. The van der Waals surface area contributed by atoms with Crippen LogP contribution in [-0.4, -0.2) is 17.9 Å². The van der Waals surface area contributed by atoms with E-state index in [4.69, 9.17) is 4.74 Å². The van der Waals surface area contributed by atoms with Crippen LogP contribution < -0.4 is 15.2 Å². The summed E-state index contributed by atoms with van der Waals surface area (Å²) in [4.78, 5) is 22.2. The first-order valence-electron chi connectivity index (χ1n) is 6.48. The Bertz CT molecular complexity index is 764. The van der Waals surface area contributed by atoms with Crippen LogP contribution in [0.2, 0.25) is 0 Å². The molecule has 2 aromatic carbocycles. The van der Waals surface area contributed by atoms with Gasteiger partial charge in [-0.1, -0.05) is 6.07 Å². The molecule has 7 nitrogen and oxygen atoms in total. The number of carbonyl (C=O) groups is 1. The maximum atomic E-state index is 12.1. The molecule has 0 aromatic heterocycles. The molecule has 23 heavy (non-hydrogen) atoms. The Kier molecular flexibility index (Phi) is 5.17. The Morgan fingerprint density at radius 1 is 1.30 bits per heavy atom. The molecule has 1 N–H and O–H groups in total. The summed E-state index contributed by atoms with van der Waals surface area (Å²) >= 11 is 3.28. The fraction of sp³-hybridized carbons (Fsp3) is 0.133. The predicted molar refractivity (Wildman–Crippen MR) is 84.4 cm³/mol. The molecule has 0 bridgehead atoms. The Morgan fingerprint density at radius 3 is 2.65 bits per heavy atom. The molecule has 120 valence electrons. The molecule has 2 rings (SSSR count). The molecule has 0 spiro atoms. The fourth-order valence-electron chi connectivity index (χ4n) is 1.90. The minimum atomic E-state index is -0.592. The highest BCUT2D eigenvalue weighted by molar-refractivity contribution is 9.10. The van der Waals surface area contributed by atoms with Crippen LogP contribution in [0.15, 0.2) is 40.9 Å². The van der Waals surface area contributed by atoms with Crippen LogP contribution >= 0.6 is 15.9 Å². The Hall–Kier alpha value is -2.61. The van der Waals surface area contributed by atoms with E-state index in [0.717, 1.165) is 18.2 Å². The van der Waals surface area contributed by atoms with E-state index >= 15 is 0 Å². The number of nitro benzene ring substituents is 1. The molecular formula is C15H12BrN2O5-. The Balaban J connectivity index is 2.11. The summed E-state index contributed by atoms with van der Waals surface area (Å²) in [6.45, 7) is -0.0943. The summed E-state index contributed by atoms with van der Waals surface area (Å²) in [5.41, 5.74) is 0.330. The summed E-state index contributed by atoms with van der Waals surface area (Å²) in [6, 6.07) is 8.19. The van der Waals surface area contributed by atoms with E-state index < -0.39 is 10.8 Å². The normalized spacial score (nSPS) is 10.2.